The summed E-state index contributed by atoms with van der Waals surface area (Å²) in [6.45, 7) is 2.05. The number of halogens is 1. The highest BCUT2D eigenvalue weighted by Gasteiger charge is 2.18. The highest BCUT2D eigenvalue weighted by molar-refractivity contribution is 7.92. The van der Waals surface area contributed by atoms with Gasteiger partial charge in [0.05, 0.1) is 16.8 Å². The van der Waals surface area contributed by atoms with Gasteiger partial charge in [-0.05, 0) is 74.0 Å². The zero-order valence-corrected chi connectivity index (χ0v) is 20.9. The molecule has 0 aliphatic carbocycles. The van der Waals surface area contributed by atoms with E-state index in [1.807, 2.05) is 19.1 Å². The lowest BCUT2D eigenvalue weighted by Crippen LogP contribution is -2.31. The Kier molecular flexibility index (Phi) is 8.13. The first-order valence-electron chi connectivity index (χ1n) is 10.7. The first-order valence-corrected chi connectivity index (χ1v) is 14.0. The maximum absolute atomic E-state index is 13.0. The van der Waals surface area contributed by atoms with Crippen molar-refractivity contribution in [3.8, 4) is 0 Å². The van der Waals surface area contributed by atoms with Crippen LogP contribution in [0.4, 0.5) is 21.5 Å². The lowest BCUT2D eigenvalue weighted by Gasteiger charge is -2.22. The van der Waals surface area contributed by atoms with E-state index in [-0.39, 0.29) is 29.5 Å². The largest absolute Gasteiger partial charge is 0.326 e. The lowest BCUT2D eigenvalue weighted by atomic mass is 10.2. The Morgan fingerprint density at radius 3 is 2.00 bits per heavy atom. The zero-order chi connectivity index (χ0) is 25.6. The predicted molar refractivity (Wildman–Crippen MR) is 135 cm³/mol. The van der Waals surface area contributed by atoms with Gasteiger partial charge < -0.3 is 5.32 Å². The van der Waals surface area contributed by atoms with Crippen LogP contribution in [0, 0.1) is 12.7 Å². The molecule has 0 saturated carbocycles. The molecule has 3 aromatic rings. The van der Waals surface area contributed by atoms with Gasteiger partial charge in [0.1, 0.15) is 5.82 Å². The lowest BCUT2D eigenvalue weighted by molar-refractivity contribution is -0.116. The van der Waals surface area contributed by atoms with E-state index in [2.05, 4.69) is 10.0 Å². The molecule has 0 bridgehead atoms. The molecule has 0 aliphatic heterocycles. The summed E-state index contributed by atoms with van der Waals surface area (Å²) in [5.74, 6) is -0.811. The van der Waals surface area contributed by atoms with Crippen molar-refractivity contribution in [2.45, 2.75) is 24.7 Å². The van der Waals surface area contributed by atoms with Crippen LogP contribution >= 0.6 is 0 Å². The van der Waals surface area contributed by atoms with Gasteiger partial charge >= 0.3 is 0 Å². The Hall–Kier alpha value is -3.44. The molecular formula is C24H26FN3O5S2. The van der Waals surface area contributed by atoms with Crippen molar-refractivity contribution >= 4 is 43.0 Å². The SMILES string of the molecule is Cc1ccc(N(CCCC(=O)Nc2ccc(S(=O)(=O)Nc3ccc(F)cc3)cc2)S(C)(=O)=O)cc1. The van der Waals surface area contributed by atoms with Crippen molar-refractivity contribution in [2.75, 3.05) is 27.1 Å². The molecule has 0 aromatic heterocycles. The maximum atomic E-state index is 13.0. The maximum Gasteiger partial charge on any atom is 0.261 e. The molecule has 0 fully saturated rings. The first kappa shape index (κ1) is 26.2. The Balaban J connectivity index is 1.56. The summed E-state index contributed by atoms with van der Waals surface area (Å²) in [7, 11) is -7.40. The van der Waals surface area contributed by atoms with Gasteiger partial charge in [0, 0.05) is 24.3 Å². The number of hydrogen-bond acceptors (Lipinski definition) is 5. The van der Waals surface area contributed by atoms with Gasteiger partial charge in [-0.2, -0.15) is 0 Å². The molecule has 2 N–H and O–H groups in total. The number of anilines is 3. The highest BCUT2D eigenvalue weighted by Crippen LogP contribution is 2.20. The molecule has 3 rings (SSSR count). The smallest absolute Gasteiger partial charge is 0.261 e. The van der Waals surface area contributed by atoms with Gasteiger partial charge in [-0.15, -0.1) is 0 Å². The van der Waals surface area contributed by atoms with Gasteiger partial charge in [-0.25, -0.2) is 21.2 Å². The van der Waals surface area contributed by atoms with Crippen LogP contribution in [-0.2, 0) is 24.8 Å². The van der Waals surface area contributed by atoms with Crippen LogP contribution in [0.15, 0.2) is 77.7 Å². The number of amides is 1. The second-order valence-corrected chi connectivity index (χ2v) is 11.5. The van der Waals surface area contributed by atoms with Crippen molar-refractivity contribution in [1.29, 1.82) is 0 Å². The number of benzene rings is 3. The Morgan fingerprint density at radius 2 is 1.43 bits per heavy atom. The molecule has 0 unspecified atom stereocenters. The molecule has 0 radical (unpaired) electrons. The summed E-state index contributed by atoms with van der Waals surface area (Å²) in [5.41, 5.74) is 2.16. The molecular weight excluding hydrogens is 493 g/mol. The molecule has 8 nitrogen and oxygen atoms in total. The minimum absolute atomic E-state index is 0.0262. The number of nitrogens with one attached hydrogen (secondary N) is 2. The van der Waals surface area contributed by atoms with Crippen molar-refractivity contribution in [3.63, 3.8) is 0 Å². The van der Waals surface area contributed by atoms with E-state index in [0.29, 0.717) is 17.8 Å². The van der Waals surface area contributed by atoms with E-state index in [9.17, 15) is 26.0 Å². The van der Waals surface area contributed by atoms with Crippen LogP contribution in [0.1, 0.15) is 18.4 Å². The number of aryl methyl sites for hydroxylation is 1. The quantitative estimate of drug-likeness (QED) is 0.418. The van der Waals surface area contributed by atoms with E-state index in [0.717, 1.165) is 24.0 Å². The Labute approximate surface area is 204 Å². The van der Waals surface area contributed by atoms with Crippen molar-refractivity contribution in [2.24, 2.45) is 0 Å². The molecule has 0 atom stereocenters. The topological polar surface area (TPSA) is 113 Å². The molecule has 3 aromatic carbocycles. The number of hydrogen-bond donors (Lipinski definition) is 2. The molecule has 35 heavy (non-hydrogen) atoms. The fraction of sp³-hybridized carbons (Fsp3) is 0.208. The van der Waals surface area contributed by atoms with Gasteiger partial charge in [-0.3, -0.25) is 13.8 Å². The number of carbonyl (C=O) groups excluding carboxylic acids is 1. The zero-order valence-electron chi connectivity index (χ0n) is 19.2. The fourth-order valence-electron chi connectivity index (χ4n) is 3.25. The monoisotopic (exact) mass is 519 g/mol. The number of sulfonamides is 2. The predicted octanol–water partition coefficient (Wildman–Crippen LogP) is 4.12. The van der Waals surface area contributed by atoms with E-state index in [4.69, 9.17) is 0 Å². The molecule has 186 valence electrons. The molecule has 0 aliphatic rings. The first-order chi connectivity index (χ1) is 16.4. The molecule has 0 saturated heterocycles. The average Bonchev–Trinajstić information content (AvgIpc) is 2.78. The van der Waals surface area contributed by atoms with Crippen LogP contribution in [0.3, 0.4) is 0 Å². The van der Waals surface area contributed by atoms with E-state index >= 15 is 0 Å². The van der Waals surface area contributed by atoms with E-state index in [1.165, 1.54) is 40.7 Å². The highest BCUT2D eigenvalue weighted by atomic mass is 32.2. The van der Waals surface area contributed by atoms with Gasteiger partial charge in [0.2, 0.25) is 15.9 Å². The van der Waals surface area contributed by atoms with Crippen LogP contribution in [0.25, 0.3) is 0 Å². The Morgan fingerprint density at radius 1 is 0.857 bits per heavy atom. The molecule has 0 heterocycles. The summed E-state index contributed by atoms with van der Waals surface area (Å²) in [5, 5.41) is 2.67. The fourth-order valence-corrected chi connectivity index (χ4v) is 5.28. The molecule has 1 amide bonds. The summed E-state index contributed by atoms with van der Waals surface area (Å²) in [6.07, 6.45) is 1.48. The third-order valence-corrected chi connectivity index (χ3v) is 7.62. The number of carbonyl (C=O) groups is 1. The van der Waals surface area contributed by atoms with Crippen molar-refractivity contribution < 1.29 is 26.0 Å². The molecule has 0 spiro atoms. The summed E-state index contributed by atoms with van der Waals surface area (Å²) in [4.78, 5) is 12.3. The number of nitrogens with zero attached hydrogens (tertiary/aromatic N) is 1. The second-order valence-electron chi connectivity index (χ2n) is 7.96. The summed E-state index contributed by atoms with van der Waals surface area (Å²) < 4.78 is 66.0. The van der Waals surface area contributed by atoms with Gasteiger partial charge in [-0.1, -0.05) is 17.7 Å². The standard InChI is InChI=1S/C24H26FN3O5S2/c1-18-5-13-22(14-6-18)28(34(2,30)31)17-3-4-24(29)26-20-11-15-23(16-12-20)35(32,33)27-21-9-7-19(25)8-10-21/h5-16,27H,3-4,17H2,1-2H3,(H,26,29). The van der Waals surface area contributed by atoms with Crippen molar-refractivity contribution in [1.82, 2.24) is 0 Å². The summed E-state index contributed by atoms with van der Waals surface area (Å²) in [6, 6.07) is 17.6. The van der Waals surface area contributed by atoms with Crippen LogP contribution in [0.2, 0.25) is 0 Å². The van der Waals surface area contributed by atoms with Gasteiger partial charge in [0.25, 0.3) is 10.0 Å². The van der Waals surface area contributed by atoms with Crippen molar-refractivity contribution in [3.05, 3.63) is 84.2 Å². The van der Waals surface area contributed by atoms with Crippen LogP contribution in [-0.4, -0.2) is 35.5 Å². The minimum atomic E-state index is -3.89. The third-order valence-electron chi connectivity index (χ3n) is 5.03. The number of rotatable bonds is 10. The van der Waals surface area contributed by atoms with E-state index in [1.54, 1.807) is 12.1 Å². The van der Waals surface area contributed by atoms with Crippen LogP contribution < -0.4 is 14.3 Å². The third kappa shape index (κ3) is 7.52. The van der Waals surface area contributed by atoms with Gasteiger partial charge in [0.15, 0.2) is 0 Å². The van der Waals surface area contributed by atoms with E-state index < -0.39 is 25.9 Å². The molecule has 11 heteroatoms. The minimum Gasteiger partial charge on any atom is -0.326 e. The second kappa shape index (κ2) is 10.9. The summed E-state index contributed by atoms with van der Waals surface area (Å²) >= 11 is 0. The van der Waals surface area contributed by atoms with Crippen LogP contribution in [0.5, 0.6) is 0 Å². The Bertz CT molecular complexity index is 1370. The normalized spacial score (nSPS) is 11.6. The average molecular weight is 520 g/mol.